The normalized spacial score (nSPS) is 29.0. The maximum atomic E-state index is 14.3. The van der Waals surface area contributed by atoms with Gasteiger partial charge in [-0.1, -0.05) is 58.0 Å². The summed E-state index contributed by atoms with van der Waals surface area (Å²) in [7, 11) is -0.668. The third-order valence-electron chi connectivity index (χ3n) is 12.1. The number of alkyl halides is 3. The molecule has 0 radical (unpaired) electrons. The minimum absolute atomic E-state index is 0.0186. The zero-order chi connectivity index (χ0) is 37.2. The molecule has 1 aromatic heterocycles. The smallest absolute Gasteiger partial charge is 0.404 e. The first-order chi connectivity index (χ1) is 24.5. The van der Waals surface area contributed by atoms with Gasteiger partial charge in [0.25, 0.3) is 5.56 Å². The van der Waals surface area contributed by atoms with Gasteiger partial charge in [0.15, 0.2) is 0 Å². The summed E-state index contributed by atoms with van der Waals surface area (Å²) < 4.78 is 54.5. The van der Waals surface area contributed by atoms with Crippen LogP contribution in [0.25, 0.3) is 0 Å². The summed E-state index contributed by atoms with van der Waals surface area (Å²) in [5, 5.41) is 8.93. The minimum atomic E-state index is -4.51. The summed E-state index contributed by atoms with van der Waals surface area (Å²) in [6.07, 6.45) is -0.723. The van der Waals surface area contributed by atoms with Crippen LogP contribution in [-0.2, 0) is 37.0 Å². The fourth-order valence-electron chi connectivity index (χ4n) is 8.99. The Morgan fingerprint density at radius 1 is 1.08 bits per heavy atom. The number of nitrogens with zero attached hydrogens (tertiary/aromatic N) is 2. The monoisotopic (exact) mass is 719 g/mol. The number of benzene rings is 2. The Labute approximate surface area is 301 Å². The number of anilines is 2. The van der Waals surface area contributed by atoms with Crippen LogP contribution in [0.15, 0.2) is 65.6 Å². The van der Waals surface area contributed by atoms with E-state index in [1.807, 2.05) is 13.0 Å². The zero-order valence-electron chi connectivity index (χ0n) is 30.0. The molecule has 2 bridgehead atoms. The topological polar surface area (TPSA) is 124 Å². The Bertz CT molecular complexity index is 1920. The molecule has 52 heavy (non-hydrogen) atoms. The maximum Gasteiger partial charge on any atom is 0.481 e. The second-order valence-corrected chi connectivity index (χ2v) is 16.0. The summed E-state index contributed by atoms with van der Waals surface area (Å²) in [4.78, 5) is 46.4. The van der Waals surface area contributed by atoms with E-state index in [1.165, 1.54) is 22.9 Å². The van der Waals surface area contributed by atoms with Gasteiger partial charge in [-0.3, -0.25) is 19.0 Å². The number of carbonyl (C=O) groups is 2. The van der Waals surface area contributed by atoms with Crippen LogP contribution in [-0.4, -0.2) is 46.1 Å². The zero-order valence-corrected chi connectivity index (χ0v) is 30.0. The molecule has 4 fully saturated rings. The first-order valence-corrected chi connectivity index (χ1v) is 18.0. The van der Waals surface area contributed by atoms with Crippen LogP contribution in [0.2, 0.25) is 0 Å². The lowest BCUT2D eigenvalue weighted by Gasteiger charge is -2.63. The van der Waals surface area contributed by atoms with E-state index in [4.69, 9.17) is 9.31 Å². The lowest BCUT2D eigenvalue weighted by Crippen LogP contribution is -2.63. The standard InChI is InChI=1S/C38H45BF3N5O5/c1-6-29(39-51-31-26-16-24(35(26,2)3)17-37(31,5)52-39)46-32(49)28-18-36(4,19-30(48)45-25-13-8-7-9-14-25)34-44-21-27(33(50)47(28)34)43-20-22-11-10-12-23(15-22)38(40,41)42/h7-15,21,24,26,28-29,31,43H,6,16-20H2,1-5H3,(H,45,48)(H,46,49)/t24?,26?,28-,29-,31?,36-,37-/m0/s1. The number of carbonyl (C=O) groups excluding carboxylic acids is 2. The van der Waals surface area contributed by atoms with Gasteiger partial charge in [-0.15, -0.1) is 0 Å². The van der Waals surface area contributed by atoms with Crippen molar-refractivity contribution in [2.24, 2.45) is 17.3 Å². The van der Waals surface area contributed by atoms with Crippen molar-refractivity contribution < 1.29 is 32.1 Å². The number of aromatic nitrogens is 2. The molecule has 3 N–H and O–H groups in total. The number of hydrogen-bond acceptors (Lipinski definition) is 7. The quantitative estimate of drug-likeness (QED) is 0.211. The Morgan fingerprint density at radius 3 is 2.52 bits per heavy atom. The van der Waals surface area contributed by atoms with Crippen LogP contribution in [0.3, 0.4) is 0 Å². The molecule has 0 spiro atoms. The van der Waals surface area contributed by atoms with Crippen molar-refractivity contribution in [1.29, 1.82) is 0 Å². The molecule has 3 saturated carbocycles. The molecule has 5 aliphatic rings. The Balaban J connectivity index is 1.14. The van der Waals surface area contributed by atoms with Gasteiger partial charge >= 0.3 is 13.3 Å². The van der Waals surface area contributed by atoms with Crippen molar-refractivity contribution in [2.75, 3.05) is 10.6 Å². The van der Waals surface area contributed by atoms with Gasteiger partial charge in [0.2, 0.25) is 11.8 Å². The van der Waals surface area contributed by atoms with Crippen molar-refractivity contribution in [3.63, 3.8) is 0 Å². The summed E-state index contributed by atoms with van der Waals surface area (Å²) in [6, 6.07) is 12.8. The van der Waals surface area contributed by atoms with Crippen LogP contribution < -0.4 is 21.5 Å². The van der Waals surface area contributed by atoms with Crippen molar-refractivity contribution >= 4 is 30.3 Å². The van der Waals surface area contributed by atoms with Crippen LogP contribution in [0.1, 0.15) is 89.7 Å². The predicted molar refractivity (Wildman–Crippen MR) is 190 cm³/mol. The molecule has 10 nitrogen and oxygen atoms in total. The van der Waals surface area contributed by atoms with Crippen molar-refractivity contribution in [3.8, 4) is 0 Å². The van der Waals surface area contributed by atoms with Gasteiger partial charge in [0.1, 0.15) is 17.6 Å². The number of hydrogen-bond donors (Lipinski definition) is 3. The molecule has 1 saturated heterocycles. The van der Waals surface area contributed by atoms with Gasteiger partial charge in [-0.05, 0) is 79.7 Å². The van der Waals surface area contributed by atoms with Gasteiger partial charge in [-0.25, -0.2) is 4.98 Å². The predicted octanol–water partition coefficient (Wildman–Crippen LogP) is 6.27. The van der Waals surface area contributed by atoms with E-state index in [9.17, 15) is 27.6 Å². The van der Waals surface area contributed by atoms with E-state index >= 15 is 0 Å². The third kappa shape index (κ3) is 6.42. The van der Waals surface area contributed by atoms with Crippen LogP contribution >= 0.6 is 0 Å². The number of rotatable bonds is 10. The molecule has 2 aliphatic heterocycles. The molecule has 3 aromatic rings. The molecule has 2 amide bonds. The second kappa shape index (κ2) is 13.0. The van der Waals surface area contributed by atoms with E-state index < -0.39 is 53.3 Å². The molecular weight excluding hydrogens is 674 g/mol. The van der Waals surface area contributed by atoms with Crippen molar-refractivity contribution in [3.05, 3.63) is 88.1 Å². The summed E-state index contributed by atoms with van der Waals surface area (Å²) >= 11 is 0. The van der Waals surface area contributed by atoms with Gasteiger partial charge in [0, 0.05) is 24.1 Å². The van der Waals surface area contributed by atoms with Crippen LogP contribution in [0.4, 0.5) is 24.5 Å². The van der Waals surface area contributed by atoms with Crippen LogP contribution in [0.5, 0.6) is 0 Å². The Kier molecular flexibility index (Phi) is 9.09. The van der Waals surface area contributed by atoms with Gasteiger partial charge < -0.3 is 25.3 Å². The summed E-state index contributed by atoms with van der Waals surface area (Å²) in [5.41, 5.74) is -1.70. The van der Waals surface area contributed by atoms with Gasteiger partial charge in [0.05, 0.1) is 29.4 Å². The second-order valence-electron chi connectivity index (χ2n) is 16.0. The highest BCUT2D eigenvalue weighted by atomic mass is 19.4. The number of fused-ring (bicyclic) bond motifs is 1. The van der Waals surface area contributed by atoms with E-state index in [-0.39, 0.29) is 48.3 Å². The first kappa shape index (κ1) is 36.2. The third-order valence-corrected chi connectivity index (χ3v) is 12.1. The van der Waals surface area contributed by atoms with Crippen LogP contribution in [0, 0.1) is 17.3 Å². The average molecular weight is 720 g/mol. The highest BCUT2D eigenvalue weighted by molar-refractivity contribution is 6.47. The lowest BCUT2D eigenvalue weighted by molar-refractivity contribution is -0.185. The molecule has 3 aliphatic carbocycles. The minimum Gasteiger partial charge on any atom is -0.404 e. The molecule has 7 atom stereocenters. The fourth-order valence-corrected chi connectivity index (χ4v) is 8.99. The van der Waals surface area contributed by atoms with Crippen molar-refractivity contribution in [2.45, 2.75) is 109 Å². The summed E-state index contributed by atoms with van der Waals surface area (Å²) in [6.45, 7) is 10.3. The van der Waals surface area contributed by atoms with E-state index in [0.29, 0.717) is 29.5 Å². The molecule has 8 rings (SSSR count). The molecule has 3 unspecified atom stereocenters. The molecule has 14 heteroatoms. The van der Waals surface area contributed by atoms with Crippen molar-refractivity contribution in [1.82, 2.24) is 14.9 Å². The average Bonchev–Trinajstić information content (AvgIpc) is 3.61. The number of para-hydroxylation sites is 1. The number of halogens is 3. The molecule has 3 heterocycles. The Hall–Kier alpha value is -4.17. The van der Waals surface area contributed by atoms with E-state index in [1.54, 1.807) is 31.2 Å². The van der Waals surface area contributed by atoms with E-state index in [2.05, 4.69) is 41.7 Å². The maximum absolute atomic E-state index is 14.3. The molecule has 276 valence electrons. The fraction of sp³-hybridized carbons (Fsp3) is 0.526. The molecule has 2 aromatic carbocycles. The summed E-state index contributed by atoms with van der Waals surface area (Å²) in [5.74, 6) is -0.0522. The highest BCUT2D eigenvalue weighted by Crippen LogP contribution is 2.64. The van der Waals surface area contributed by atoms with Gasteiger partial charge in [-0.2, -0.15) is 13.2 Å². The highest BCUT2D eigenvalue weighted by Gasteiger charge is 2.67. The first-order valence-electron chi connectivity index (χ1n) is 18.0. The Morgan fingerprint density at radius 2 is 1.83 bits per heavy atom. The van der Waals surface area contributed by atoms with E-state index in [0.717, 1.165) is 25.0 Å². The number of amides is 2. The lowest BCUT2D eigenvalue weighted by atomic mass is 9.45. The largest absolute Gasteiger partial charge is 0.481 e. The molecular formula is C38H45BF3N5O5. The number of nitrogens with one attached hydrogen (secondary N) is 3. The SMILES string of the molecule is CC[C@H](NC(=O)[C@@H]1C[C@@](C)(CC(=O)Nc2ccccc2)c2ncc(NCc3cccc(C(F)(F)F)c3)c(=O)n21)B1OC2C3CC(C[C@]2(C)O1)C3(C)C.